The summed E-state index contributed by atoms with van der Waals surface area (Å²) in [6.45, 7) is 10.00. The highest BCUT2D eigenvalue weighted by Crippen LogP contribution is 2.25. The van der Waals surface area contributed by atoms with Crippen LogP contribution in [0.4, 0.5) is 0 Å². The van der Waals surface area contributed by atoms with E-state index in [9.17, 15) is 4.79 Å². The van der Waals surface area contributed by atoms with Crippen LogP contribution in [0, 0.1) is 5.92 Å². The van der Waals surface area contributed by atoms with E-state index in [-0.39, 0.29) is 36.8 Å². The van der Waals surface area contributed by atoms with Gasteiger partial charge in [0.2, 0.25) is 5.91 Å². The van der Waals surface area contributed by atoms with E-state index in [1.807, 2.05) is 0 Å². The Balaban J connectivity index is 0.00000264. The number of amides is 1. The van der Waals surface area contributed by atoms with Crippen molar-refractivity contribution >= 4 is 30.7 Å². The van der Waals surface area contributed by atoms with E-state index in [0.29, 0.717) is 25.0 Å². The molecule has 7 heteroatoms. The molecule has 2 aliphatic rings. The average molecular weight is 384 g/mol. The van der Waals surface area contributed by atoms with Gasteiger partial charge < -0.3 is 20.3 Å². The average Bonchev–Trinajstić information content (AvgIpc) is 2.55. The molecule has 1 aliphatic heterocycles. The van der Waals surface area contributed by atoms with E-state index in [4.69, 9.17) is 4.74 Å². The molecule has 24 heavy (non-hydrogen) atoms. The van der Waals surface area contributed by atoms with Crippen molar-refractivity contribution in [1.29, 1.82) is 0 Å². The van der Waals surface area contributed by atoms with Crippen molar-refractivity contribution in [2.45, 2.75) is 58.0 Å². The molecule has 2 N–H and O–H groups in total. The molecule has 1 heterocycles. The van der Waals surface area contributed by atoms with Gasteiger partial charge in [0.05, 0.1) is 13.2 Å². The molecule has 5 nitrogen and oxygen atoms in total. The van der Waals surface area contributed by atoms with E-state index < -0.39 is 0 Å². The van der Waals surface area contributed by atoms with E-state index in [1.165, 1.54) is 19.3 Å². The second-order valence-corrected chi connectivity index (χ2v) is 6.63. The Morgan fingerprint density at radius 1 is 1.21 bits per heavy atom. The van der Waals surface area contributed by atoms with Crippen LogP contribution >= 0.6 is 24.8 Å². The van der Waals surface area contributed by atoms with E-state index in [0.717, 1.165) is 39.2 Å². The number of hydrogen-bond donors (Lipinski definition) is 2. The molecule has 0 radical (unpaired) electrons. The molecule has 1 amide bonds. The second kappa shape index (κ2) is 13.2. The smallest absolute Gasteiger partial charge is 0.221 e. The highest BCUT2D eigenvalue weighted by atomic mass is 35.5. The van der Waals surface area contributed by atoms with Crippen LogP contribution < -0.4 is 10.6 Å². The van der Waals surface area contributed by atoms with Gasteiger partial charge >= 0.3 is 0 Å². The minimum Gasteiger partial charge on any atom is -0.378 e. The topological polar surface area (TPSA) is 53.6 Å². The van der Waals surface area contributed by atoms with Crippen LogP contribution in [-0.2, 0) is 9.53 Å². The monoisotopic (exact) mass is 383 g/mol. The number of carbonyl (C=O) groups is 1. The maximum Gasteiger partial charge on any atom is 0.221 e. The lowest BCUT2D eigenvalue weighted by Crippen LogP contribution is -2.49. The molecule has 2 fully saturated rings. The third kappa shape index (κ3) is 7.87. The van der Waals surface area contributed by atoms with Crippen molar-refractivity contribution in [2.24, 2.45) is 5.92 Å². The first kappa shape index (κ1) is 23.9. The van der Waals surface area contributed by atoms with Crippen LogP contribution in [0.25, 0.3) is 0 Å². The largest absolute Gasteiger partial charge is 0.378 e. The number of halogens is 2. The summed E-state index contributed by atoms with van der Waals surface area (Å²) in [4.78, 5) is 14.8. The molecule has 144 valence electrons. The Kier molecular flexibility index (Phi) is 13.1. The van der Waals surface area contributed by atoms with Gasteiger partial charge in [0.25, 0.3) is 0 Å². The van der Waals surface area contributed by atoms with Crippen LogP contribution in [0.5, 0.6) is 0 Å². The summed E-state index contributed by atoms with van der Waals surface area (Å²) in [6.07, 6.45) is 5.45. The first-order valence-corrected chi connectivity index (χ1v) is 9.05. The van der Waals surface area contributed by atoms with Crippen molar-refractivity contribution in [3.05, 3.63) is 0 Å². The SMILES string of the molecule is CCN(CC)CC1CCCCC1NC(=O)CC1COCCN1.Cl.Cl. The normalized spacial score (nSPS) is 27.0. The van der Waals surface area contributed by atoms with Gasteiger partial charge in [-0.25, -0.2) is 0 Å². The third-order valence-corrected chi connectivity index (χ3v) is 5.07. The summed E-state index contributed by atoms with van der Waals surface area (Å²) in [6, 6.07) is 0.532. The van der Waals surface area contributed by atoms with Gasteiger partial charge in [0.1, 0.15) is 0 Å². The Morgan fingerprint density at radius 3 is 2.54 bits per heavy atom. The zero-order valence-corrected chi connectivity index (χ0v) is 16.7. The molecular formula is C17H35Cl2N3O2. The number of hydrogen-bond acceptors (Lipinski definition) is 4. The van der Waals surface area contributed by atoms with Gasteiger partial charge in [0.15, 0.2) is 0 Å². The van der Waals surface area contributed by atoms with Crippen molar-refractivity contribution in [3.63, 3.8) is 0 Å². The second-order valence-electron chi connectivity index (χ2n) is 6.63. The number of carbonyl (C=O) groups excluding carboxylic acids is 1. The molecule has 0 aromatic carbocycles. The number of nitrogens with zero attached hydrogens (tertiary/aromatic N) is 1. The van der Waals surface area contributed by atoms with Crippen molar-refractivity contribution < 1.29 is 9.53 Å². The lowest BCUT2D eigenvalue weighted by atomic mass is 9.84. The van der Waals surface area contributed by atoms with E-state index >= 15 is 0 Å². The first-order chi connectivity index (χ1) is 10.7. The molecule has 0 aromatic rings. The van der Waals surface area contributed by atoms with Gasteiger partial charge in [-0.15, -0.1) is 24.8 Å². The van der Waals surface area contributed by atoms with Gasteiger partial charge in [-0.2, -0.15) is 0 Å². The molecule has 1 saturated carbocycles. The van der Waals surface area contributed by atoms with Crippen LogP contribution in [0.15, 0.2) is 0 Å². The molecular weight excluding hydrogens is 349 g/mol. The molecule has 2 rings (SSSR count). The molecule has 0 bridgehead atoms. The fraction of sp³-hybridized carbons (Fsp3) is 0.941. The molecule has 0 aromatic heterocycles. The minimum absolute atomic E-state index is 0. The fourth-order valence-corrected chi connectivity index (χ4v) is 3.67. The summed E-state index contributed by atoms with van der Waals surface area (Å²) in [5, 5.41) is 6.66. The van der Waals surface area contributed by atoms with Gasteiger partial charge in [-0.3, -0.25) is 4.79 Å². The molecule has 3 unspecified atom stereocenters. The summed E-state index contributed by atoms with van der Waals surface area (Å²) >= 11 is 0. The fourth-order valence-electron chi connectivity index (χ4n) is 3.67. The van der Waals surface area contributed by atoms with Crippen molar-refractivity contribution in [3.8, 4) is 0 Å². The van der Waals surface area contributed by atoms with Crippen molar-refractivity contribution in [1.82, 2.24) is 15.5 Å². The van der Waals surface area contributed by atoms with Gasteiger partial charge in [-0.05, 0) is 31.8 Å². The maximum absolute atomic E-state index is 12.3. The van der Waals surface area contributed by atoms with Gasteiger partial charge in [0, 0.05) is 31.6 Å². The predicted molar refractivity (Wildman–Crippen MR) is 103 cm³/mol. The number of ether oxygens (including phenoxy) is 1. The standard InChI is InChI=1S/C17H33N3O2.2ClH/c1-3-20(4-2)12-14-7-5-6-8-16(14)19-17(21)11-15-13-22-10-9-18-15;;/h14-16,18H,3-13H2,1-2H3,(H,19,21);2*1H. The quantitative estimate of drug-likeness (QED) is 0.707. The van der Waals surface area contributed by atoms with Crippen LogP contribution in [0.1, 0.15) is 46.0 Å². The first-order valence-electron chi connectivity index (χ1n) is 9.05. The van der Waals surface area contributed by atoms with E-state index in [1.54, 1.807) is 0 Å². The number of nitrogens with one attached hydrogen (secondary N) is 2. The maximum atomic E-state index is 12.3. The number of morpholine rings is 1. The molecule has 0 spiro atoms. The summed E-state index contributed by atoms with van der Waals surface area (Å²) in [5.41, 5.74) is 0. The zero-order chi connectivity index (χ0) is 15.8. The van der Waals surface area contributed by atoms with Gasteiger partial charge in [-0.1, -0.05) is 26.7 Å². The van der Waals surface area contributed by atoms with Crippen LogP contribution in [0.3, 0.4) is 0 Å². The molecule has 3 atom stereocenters. The molecule has 1 aliphatic carbocycles. The summed E-state index contributed by atoms with van der Waals surface area (Å²) in [7, 11) is 0. The highest BCUT2D eigenvalue weighted by Gasteiger charge is 2.28. The number of rotatable bonds is 7. The lowest BCUT2D eigenvalue weighted by Gasteiger charge is -2.36. The molecule has 1 saturated heterocycles. The van der Waals surface area contributed by atoms with E-state index in [2.05, 4.69) is 29.4 Å². The Morgan fingerprint density at radius 2 is 1.92 bits per heavy atom. The summed E-state index contributed by atoms with van der Waals surface area (Å²) < 4.78 is 5.43. The zero-order valence-electron chi connectivity index (χ0n) is 15.1. The van der Waals surface area contributed by atoms with Crippen LogP contribution in [0.2, 0.25) is 0 Å². The highest BCUT2D eigenvalue weighted by molar-refractivity contribution is 5.85. The van der Waals surface area contributed by atoms with Crippen LogP contribution in [-0.4, -0.2) is 62.3 Å². The Bertz CT molecular complexity index is 338. The lowest BCUT2D eigenvalue weighted by molar-refractivity contribution is -0.123. The Labute approximate surface area is 159 Å². The minimum atomic E-state index is 0. The Hall–Kier alpha value is -0.0700. The third-order valence-electron chi connectivity index (χ3n) is 5.07. The van der Waals surface area contributed by atoms with Crippen molar-refractivity contribution in [2.75, 3.05) is 39.4 Å². The predicted octanol–water partition coefficient (Wildman–Crippen LogP) is 2.23. The summed E-state index contributed by atoms with van der Waals surface area (Å²) in [5.74, 6) is 0.785.